The maximum Gasteiger partial charge on any atom is 0.158 e. The lowest BCUT2D eigenvalue weighted by atomic mass is 10.2. The molecule has 2 aromatic heterocycles. The lowest BCUT2D eigenvalue weighted by Crippen LogP contribution is -2.36. The summed E-state index contributed by atoms with van der Waals surface area (Å²) >= 11 is 0. The van der Waals surface area contributed by atoms with Gasteiger partial charge in [0.05, 0.1) is 31.2 Å². The lowest BCUT2D eigenvalue weighted by molar-refractivity contribution is 0.202. The maximum absolute atomic E-state index is 14.2. The number of hydrogen-bond donors (Lipinski definition) is 1. The number of halogens is 1. The summed E-state index contributed by atoms with van der Waals surface area (Å²) in [4.78, 5) is 16.4. The predicted molar refractivity (Wildman–Crippen MR) is 108 cm³/mol. The van der Waals surface area contributed by atoms with E-state index in [4.69, 9.17) is 5.26 Å². The largest absolute Gasteiger partial charge is 0.367 e. The summed E-state index contributed by atoms with van der Waals surface area (Å²) in [6, 6.07) is 9.82. The third-order valence-electron chi connectivity index (χ3n) is 5.00. The van der Waals surface area contributed by atoms with E-state index in [0.717, 1.165) is 11.4 Å². The van der Waals surface area contributed by atoms with Gasteiger partial charge in [0.2, 0.25) is 0 Å². The first-order chi connectivity index (χ1) is 14.0. The fourth-order valence-corrected chi connectivity index (χ4v) is 3.39. The number of aromatic nitrogens is 4. The Labute approximate surface area is 168 Å². The van der Waals surface area contributed by atoms with Crippen LogP contribution >= 0.6 is 0 Å². The molecule has 8 nitrogen and oxygen atoms in total. The average Bonchev–Trinajstić information content (AvgIpc) is 3.35. The van der Waals surface area contributed by atoms with Crippen molar-refractivity contribution in [2.45, 2.75) is 12.2 Å². The monoisotopic (exact) mass is 392 g/mol. The van der Waals surface area contributed by atoms with Crippen LogP contribution in [0.4, 0.5) is 21.7 Å². The molecule has 1 aliphatic rings. The number of imidazole rings is 1. The van der Waals surface area contributed by atoms with E-state index < -0.39 is 6.17 Å². The van der Waals surface area contributed by atoms with Crippen LogP contribution in [0.3, 0.4) is 0 Å². The Balaban J connectivity index is 1.44. The van der Waals surface area contributed by atoms with Gasteiger partial charge in [-0.1, -0.05) is 0 Å². The molecule has 1 saturated heterocycles. The lowest BCUT2D eigenvalue weighted by Gasteiger charge is -2.21. The Morgan fingerprint density at radius 2 is 1.83 bits per heavy atom. The first-order valence-corrected chi connectivity index (χ1v) is 9.22. The van der Waals surface area contributed by atoms with Gasteiger partial charge in [0, 0.05) is 17.9 Å². The van der Waals surface area contributed by atoms with Crippen molar-refractivity contribution in [3.8, 4) is 11.8 Å². The molecule has 29 heavy (non-hydrogen) atoms. The number of hydrogen-bond acceptors (Lipinski definition) is 7. The van der Waals surface area contributed by atoms with Gasteiger partial charge in [-0.25, -0.2) is 19.3 Å². The smallest absolute Gasteiger partial charge is 0.158 e. The molecule has 1 N–H and O–H groups in total. The third kappa shape index (κ3) is 4.02. The second kappa shape index (κ2) is 7.85. The molecule has 0 saturated carbocycles. The predicted octanol–water partition coefficient (Wildman–Crippen LogP) is 2.37. The Kier molecular flexibility index (Phi) is 5.10. The SMILES string of the molecule is CN(C)C1CN(c2ccc(-n3cnc(Nc4cnc(C#N)cn4)c3)cc2)CC1F. The van der Waals surface area contributed by atoms with Crippen LogP contribution in [0.1, 0.15) is 5.69 Å². The topological polar surface area (TPSA) is 85.9 Å². The Hall–Kier alpha value is -3.51. The van der Waals surface area contributed by atoms with Crippen LogP contribution < -0.4 is 10.2 Å². The van der Waals surface area contributed by atoms with Crippen molar-refractivity contribution in [2.75, 3.05) is 37.4 Å². The maximum atomic E-state index is 14.2. The van der Waals surface area contributed by atoms with Crippen LogP contribution in [-0.2, 0) is 0 Å². The number of nitriles is 1. The summed E-state index contributed by atoms with van der Waals surface area (Å²) in [5.41, 5.74) is 2.21. The number of alkyl halides is 1. The number of rotatable bonds is 5. The van der Waals surface area contributed by atoms with Crippen molar-refractivity contribution in [1.29, 1.82) is 5.26 Å². The molecule has 0 amide bonds. The number of likely N-dealkylation sites (N-methyl/N-ethyl adjacent to an activating group) is 1. The van der Waals surface area contributed by atoms with Gasteiger partial charge in [-0.3, -0.25) is 0 Å². The minimum Gasteiger partial charge on any atom is -0.367 e. The molecule has 2 atom stereocenters. The number of nitrogens with zero attached hydrogens (tertiary/aromatic N) is 7. The van der Waals surface area contributed by atoms with Gasteiger partial charge < -0.3 is 19.7 Å². The van der Waals surface area contributed by atoms with E-state index in [1.807, 2.05) is 60.1 Å². The van der Waals surface area contributed by atoms with Crippen LogP contribution in [0.5, 0.6) is 0 Å². The van der Waals surface area contributed by atoms with E-state index in [1.54, 1.807) is 6.33 Å². The van der Waals surface area contributed by atoms with Crippen LogP contribution in [0, 0.1) is 11.3 Å². The van der Waals surface area contributed by atoms with Gasteiger partial charge in [0.25, 0.3) is 0 Å². The van der Waals surface area contributed by atoms with Gasteiger partial charge >= 0.3 is 0 Å². The van der Waals surface area contributed by atoms with Gasteiger partial charge in [-0.2, -0.15) is 5.26 Å². The summed E-state index contributed by atoms with van der Waals surface area (Å²) in [7, 11) is 3.83. The summed E-state index contributed by atoms with van der Waals surface area (Å²) in [5, 5.41) is 11.8. The molecule has 1 aromatic carbocycles. The highest BCUT2D eigenvalue weighted by molar-refractivity contribution is 5.54. The van der Waals surface area contributed by atoms with Crippen molar-refractivity contribution in [3.63, 3.8) is 0 Å². The Morgan fingerprint density at radius 3 is 2.45 bits per heavy atom. The second-order valence-corrected chi connectivity index (χ2v) is 7.16. The van der Waals surface area contributed by atoms with Crippen molar-refractivity contribution in [3.05, 3.63) is 54.9 Å². The van der Waals surface area contributed by atoms with Crippen LogP contribution in [-0.4, -0.2) is 63.8 Å². The summed E-state index contributed by atoms with van der Waals surface area (Å²) in [5.74, 6) is 1.12. The van der Waals surface area contributed by atoms with E-state index in [9.17, 15) is 4.39 Å². The van der Waals surface area contributed by atoms with E-state index in [2.05, 4.69) is 25.2 Å². The quantitative estimate of drug-likeness (QED) is 0.713. The molecule has 9 heteroatoms. The molecule has 3 heterocycles. The Morgan fingerprint density at radius 1 is 1.07 bits per heavy atom. The molecule has 0 aliphatic carbocycles. The molecule has 4 rings (SSSR count). The van der Waals surface area contributed by atoms with Crippen molar-refractivity contribution < 1.29 is 4.39 Å². The van der Waals surface area contributed by atoms with Gasteiger partial charge in [-0.05, 0) is 38.4 Å². The van der Waals surface area contributed by atoms with Gasteiger partial charge in [-0.15, -0.1) is 0 Å². The van der Waals surface area contributed by atoms with Gasteiger partial charge in [0.15, 0.2) is 5.69 Å². The normalized spacial score (nSPS) is 18.8. The zero-order valence-corrected chi connectivity index (χ0v) is 16.2. The fourth-order valence-electron chi connectivity index (χ4n) is 3.39. The molecular formula is C20H21FN8. The molecule has 1 fully saturated rings. The van der Waals surface area contributed by atoms with Crippen molar-refractivity contribution >= 4 is 17.3 Å². The zero-order chi connectivity index (χ0) is 20.4. The minimum absolute atomic E-state index is 0.0812. The summed E-state index contributed by atoms with van der Waals surface area (Å²) in [6.45, 7) is 1.09. The van der Waals surface area contributed by atoms with E-state index in [1.165, 1.54) is 12.4 Å². The molecule has 0 radical (unpaired) electrons. The van der Waals surface area contributed by atoms with E-state index >= 15 is 0 Å². The van der Waals surface area contributed by atoms with E-state index in [0.29, 0.717) is 24.7 Å². The second-order valence-electron chi connectivity index (χ2n) is 7.16. The van der Waals surface area contributed by atoms with Crippen LogP contribution in [0.15, 0.2) is 49.2 Å². The molecule has 0 spiro atoms. The summed E-state index contributed by atoms with van der Waals surface area (Å²) < 4.78 is 16.1. The van der Waals surface area contributed by atoms with Crippen LogP contribution in [0.2, 0.25) is 0 Å². The number of benzene rings is 1. The first-order valence-electron chi connectivity index (χ1n) is 9.22. The third-order valence-corrected chi connectivity index (χ3v) is 5.00. The summed E-state index contributed by atoms with van der Waals surface area (Å²) in [6.07, 6.45) is 5.58. The standard InChI is InChI=1S/C20H21FN8/c1-27(2)18-11-28(10-17(18)21)15-3-5-16(6-4-15)29-12-20(25-13-29)26-19-9-23-14(7-22)8-24-19/h3-6,8-9,12-13,17-18H,10-11H2,1-2H3,(H,24,26). The zero-order valence-electron chi connectivity index (χ0n) is 16.2. The highest BCUT2D eigenvalue weighted by Gasteiger charge is 2.34. The fraction of sp³-hybridized carbons (Fsp3) is 0.300. The molecule has 1 aliphatic heterocycles. The molecule has 148 valence electrons. The van der Waals surface area contributed by atoms with Crippen molar-refractivity contribution in [2.24, 2.45) is 0 Å². The van der Waals surface area contributed by atoms with Crippen LogP contribution in [0.25, 0.3) is 5.69 Å². The average molecular weight is 392 g/mol. The molecule has 0 bridgehead atoms. The molecule has 2 unspecified atom stereocenters. The number of nitrogens with one attached hydrogen (secondary N) is 1. The first kappa shape index (κ1) is 18.8. The highest BCUT2D eigenvalue weighted by atomic mass is 19.1. The van der Waals surface area contributed by atoms with Crippen molar-refractivity contribution in [1.82, 2.24) is 24.4 Å². The number of anilines is 3. The molecule has 3 aromatic rings. The minimum atomic E-state index is -0.850. The Bertz CT molecular complexity index is 1010. The molecular weight excluding hydrogens is 371 g/mol. The van der Waals surface area contributed by atoms with E-state index in [-0.39, 0.29) is 11.7 Å². The van der Waals surface area contributed by atoms with Gasteiger partial charge in [0.1, 0.15) is 30.2 Å². The highest BCUT2D eigenvalue weighted by Crippen LogP contribution is 2.25.